The molecule has 1 aromatic carbocycles. The van der Waals surface area contributed by atoms with Crippen LogP contribution in [0.15, 0.2) is 28.9 Å². The maximum absolute atomic E-state index is 6.03. The van der Waals surface area contributed by atoms with Crippen LogP contribution in [0, 0.1) is 0 Å². The largest absolute Gasteiger partial charge is 0.423 e. The molecule has 0 bridgehead atoms. The van der Waals surface area contributed by atoms with Gasteiger partial charge < -0.3 is 10.5 Å². The monoisotopic (exact) mass is 347 g/mol. The Hall–Kier alpha value is -0.880. The second-order valence-corrected chi connectivity index (χ2v) is 5.00. The second-order valence-electron chi connectivity index (χ2n) is 3.33. The highest BCUT2D eigenvalue weighted by Crippen LogP contribution is 2.35. The first-order chi connectivity index (χ1) is 8.60. The van der Waals surface area contributed by atoms with Gasteiger partial charge in [-0.1, -0.05) is 23.2 Å². The summed E-state index contributed by atoms with van der Waals surface area (Å²) < 4.78 is 6.17. The molecule has 2 rings (SSSR count). The molecule has 0 atom stereocenters. The Kier molecular flexibility index (Phi) is 4.40. The number of benzene rings is 1. The third-order valence-corrected chi connectivity index (χ3v) is 3.57. The first kappa shape index (κ1) is 13.5. The van der Waals surface area contributed by atoms with Crippen LogP contribution in [-0.2, 0) is 6.54 Å². The van der Waals surface area contributed by atoms with Crippen LogP contribution in [0.4, 0.5) is 0 Å². The zero-order valence-electron chi connectivity index (χ0n) is 9.03. The van der Waals surface area contributed by atoms with Gasteiger partial charge in [-0.25, -0.2) is 4.98 Å². The van der Waals surface area contributed by atoms with E-state index in [1.54, 1.807) is 24.4 Å². The van der Waals surface area contributed by atoms with Gasteiger partial charge in [-0.2, -0.15) is 4.98 Å². The molecule has 1 heterocycles. The van der Waals surface area contributed by atoms with Gasteiger partial charge in [0.1, 0.15) is 0 Å². The Balaban J connectivity index is 2.30. The number of halogens is 3. The summed E-state index contributed by atoms with van der Waals surface area (Å²) in [6.07, 6.45) is 1.57. The minimum atomic E-state index is 0.179. The Morgan fingerprint density at radius 3 is 2.78 bits per heavy atom. The minimum Gasteiger partial charge on any atom is -0.423 e. The lowest BCUT2D eigenvalue weighted by molar-refractivity contribution is 0.439. The van der Waals surface area contributed by atoms with Crippen molar-refractivity contribution in [3.8, 4) is 11.8 Å². The summed E-state index contributed by atoms with van der Waals surface area (Å²) in [6.45, 7) is 0.313. The third-order valence-electron chi connectivity index (χ3n) is 2.08. The predicted molar refractivity (Wildman–Crippen MR) is 74.2 cm³/mol. The van der Waals surface area contributed by atoms with E-state index in [0.29, 0.717) is 32.5 Å². The molecule has 94 valence electrons. The van der Waals surface area contributed by atoms with E-state index in [-0.39, 0.29) is 6.01 Å². The molecule has 4 nitrogen and oxygen atoms in total. The van der Waals surface area contributed by atoms with Gasteiger partial charge in [0, 0.05) is 23.3 Å². The molecule has 18 heavy (non-hydrogen) atoms. The van der Waals surface area contributed by atoms with Crippen molar-refractivity contribution in [2.45, 2.75) is 6.54 Å². The van der Waals surface area contributed by atoms with E-state index in [1.807, 2.05) is 0 Å². The van der Waals surface area contributed by atoms with Crippen LogP contribution in [0.1, 0.15) is 5.69 Å². The van der Waals surface area contributed by atoms with Crippen molar-refractivity contribution < 1.29 is 4.74 Å². The zero-order chi connectivity index (χ0) is 13.1. The molecule has 0 radical (unpaired) electrons. The van der Waals surface area contributed by atoms with E-state index >= 15 is 0 Å². The molecular formula is C11H8BrCl2N3O. The van der Waals surface area contributed by atoms with Crippen molar-refractivity contribution in [2.75, 3.05) is 0 Å². The molecule has 2 N–H and O–H groups in total. The Labute approximate surface area is 122 Å². The Morgan fingerprint density at radius 1 is 1.28 bits per heavy atom. The van der Waals surface area contributed by atoms with Gasteiger partial charge in [-0.15, -0.1) is 0 Å². The van der Waals surface area contributed by atoms with Crippen LogP contribution >= 0.6 is 39.1 Å². The summed E-state index contributed by atoms with van der Waals surface area (Å²) >= 11 is 15.3. The molecule has 0 saturated carbocycles. The molecule has 0 fully saturated rings. The maximum Gasteiger partial charge on any atom is 0.322 e. The minimum absolute atomic E-state index is 0.179. The van der Waals surface area contributed by atoms with E-state index in [1.165, 1.54) is 0 Å². The Morgan fingerprint density at radius 2 is 2.06 bits per heavy atom. The van der Waals surface area contributed by atoms with E-state index in [0.717, 1.165) is 0 Å². The van der Waals surface area contributed by atoms with Gasteiger partial charge in [0.05, 0.1) is 15.7 Å². The van der Waals surface area contributed by atoms with Crippen molar-refractivity contribution in [1.82, 2.24) is 9.97 Å². The van der Waals surface area contributed by atoms with Crippen molar-refractivity contribution in [3.05, 3.63) is 44.6 Å². The summed E-state index contributed by atoms with van der Waals surface area (Å²) in [5.74, 6) is 0.388. The SMILES string of the molecule is NCc1ccnc(Oc2cc(Cl)c(Br)cc2Cl)n1. The Bertz CT molecular complexity index is 580. The van der Waals surface area contributed by atoms with Gasteiger partial charge in [0.25, 0.3) is 0 Å². The summed E-state index contributed by atoms with van der Waals surface area (Å²) in [6, 6.07) is 5.12. The summed E-state index contributed by atoms with van der Waals surface area (Å²) in [5.41, 5.74) is 6.17. The number of aromatic nitrogens is 2. The maximum atomic E-state index is 6.03. The zero-order valence-corrected chi connectivity index (χ0v) is 12.1. The van der Waals surface area contributed by atoms with Gasteiger partial charge >= 0.3 is 6.01 Å². The number of rotatable bonds is 3. The molecule has 0 aliphatic heterocycles. The highest BCUT2D eigenvalue weighted by atomic mass is 79.9. The van der Waals surface area contributed by atoms with Gasteiger partial charge in [-0.05, 0) is 28.1 Å². The molecule has 0 saturated heterocycles. The lowest BCUT2D eigenvalue weighted by atomic mass is 10.3. The molecule has 0 aliphatic carbocycles. The molecule has 0 spiro atoms. The number of nitrogens with two attached hydrogens (primary N) is 1. The highest BCUT2D eigenvalue weighted by Gasteiger charge is 2.09. The lowest BCUT2D eigenvalue weighted by Gasteiger charge is -2.07. The third kappa shape index (κ3) is 3.11. The average molecular weight is 349 g/mol. The number of nitrogens with zero attached hydrogens (tertiary/aromatic N) is 2. The quantitative estimate of drug-likeness (QED) is 0.857. The van der Waals surface area contributed by atoms with Crippen LogP contribution in [0.5, 0.6) is 11.8 Å². The fraction of sp³-hybridized carbons (Fsp3) is 0.0909. The van der Waals surface area contributed by atoms with Crippen LogP contribution < -0.4 is 10.5 Å². The van der Waals surface area contributed by atoms with Crippen molar-refractivity contribution in [1.29, 1.82) is 0 Å². The van der Waals surface area contributed by atoms with Crippen LogP contribution in [-0.4, -0.2) is 9.97 Å². The molecule has 2 aromatic rings. The first-order valence-corrected chi connectivity index (χ1v) is 6.49. The molecule has 0 aliphatic rings. The molecule has 1 aromatic heterocycles. The van der Waals surface area contributed by atoms with E-state index in [9.17, 15) is 0 Å². The first-order valence-electron chi connectivity index (χ1n) is 4.94. The number of hydrogen-bond donors (Lipinski definition) is 1. The summed E-state index contributed by atoms with van der Waals surface area (Å²) in [7, 11) is 0. The number of ether oxygens (including phenoxy) is 1. The fourth-order valence-electron chi connectivity index (χ4n) is 1.22. The van der Waals surface area contributed by atoms with Crippen LogP contribution in [0.25, 0.3) is 0 Å². The fourth-order valence-corrected chi connectivity index (χ4v) is 2.05. The lowest BCUT2D eigenvalue weighted by Crippen LogP contribution is -2.01. The van der Waals surface area contributed by atoms with Crippen molar-refractivity contribution in [2.24, 2.45) is 5.73 Å². The van der Waals surface area contributed by atoms with Gasteiger partial charge in [-0.3, -0.25) is 0 Å². The topological polar surface area (TPSA) is 61.0 Å². The molecule has 7 heteroatoms. The smallest absolute Gasteiger partial charge is 0.322 e. The van der Waals surface area contributed by atoms with Crippen LogP contribution in [0.2, 0.25) is 10.0 Å². The molecule has 0 amide bonds. The van der Waals surface area contributed by atoms with Crippen molar-refractivity contribution in [3.63, 3.8) is 0 Å². The normalized spacial score (nSPS) is 10.4. The standard InChI is InChI=1S/C11H8BrCl2N3O/c12-7-3-9(14)10(4-8(7)13)18-11-16-2-1-6(5-15)17-11/h1-4H,5,15H2. The van der Waals surface area contributed by atoms with Gasteiger partial charge in [0.15, 0.2) is 5.75 Å². The highest BCUT2D eigenvalue weighted by molar-refractivity contribution is 9.10. The van der Waals surface area contributed by atoms with E-state index in [4.69, 9.17) is 33.7 Å². The average Bonchev–Trinajstić information content (AvgIpc) is 2.36. The predicted octanol–water partition coefficient (Wildman–Crippen LogP) is 3.80. The second kappa shape index (κ2) is 5.84. The van der Waals surface area contributed by atoms with E-state index < -0.39 is 0 Å². The molecular weight excluding hydrogens is 341 g/mol. The molecule has 0 unspecified atom stereocenters. The van der Waals surface area contributed by atoms with Gasteiger partial charge in [0.2, 0.25) is 0 Å². The van der Waals surface area contributed by atoms with Crippen molar-refractivity contribution >= 4 is 39.1 Å². The summed E-state index contributed by atoms with van der Waals surface area (Å²) in [4.78, 5) is 8.08. The summed E-state index contributed by atoms with van der Waals surface area (Å²) in [5, 5.41) is 0.900. The van der Waals surface area contributed by atoms with Crippen LogP contribution in [0.3, 0.4) is 0 Å². The number of hydrogen-bond acceptors (Lipinski definition) is 4. The van der Waals surface area contributed by atoms with E-state index in [2.05, 4.69) is 25.9 Å².